The molecule has 4 aromatic carbocycles. The van der Waals surface area contributed by atoms with E-state index in [0.717, 1.165) is 60.6 Å². The third kappa shape index (κ3) is 13.7. The molecular weight excluding hydrogens is 937 g/mol. The highest BCUT2D eigenvalue weighted by molar-refractivity contribution is 7.86. The third-order valence-electron chi connectivity index (χ3n) is 14.0. The third-order valence-corrected chi connectivity index (χ3v) is 15.6. The molecular formula is C56H75N4O9S2+. The van der Waals surface area contributed by atoms with Crippen LogP contribution in [0.15, 0.2) is 120 Å². The van der Waals surface area contributed by atoms with E-state index in [1.807, 2.05) is 0 Å². The van der Waals surface area contributed by atoms with Crippen LogP contribution in [0.25, 0.3) is 21.5 Å². The lowest BCUT2D eigenvalue weighted by Crippen LogP contribution is -2.28. The zero-order chi connectivity index (χ0) is 50.7. The van der Waals surface area contributed by atoms with Crippen molar-refractivity contribution in [1.82, 2.24) is 5.32 Å². The van der Waals surface area contributed by atoms with Crippen LogP contribution in [0.1, 0.15) is 96.6 Å². The van der Waals surface area contributed by atoms with Crippen LogP contribution >= 0.6 is 0 Å². The molecule has 4 aromatic rings. The molecule has 0 unspecified atom stereocenters. The second-order valence-corrected chi connectivity index (χ2v) is 23.0. The Morgan fingerprint density at radius 1 is 0.676 bits per heavy atom. The maximum Gasteiger partial charge on any atom is 0.264 e. The van der Waals surface area contributed by atoms with E-state index in [1.54, 1.807) is 0 Å². The number of rotatable bonds is 27. The van der Waals surface area contributed by atoms with Gasteiger partial charge in [-0.15, -0.1) is 0 Å². The Morgan fingerprint density at radius 2 is 1.28 bits per heavy atom. The maximum atomic E-state index is 11.7. The van der Waals surface area contributed by atoms with Crippen LogP contribution in [0.4, 0.5) is 11.4 Å². The number of benzene rings is 4. The van der Waals surface area contributed by atoms with Crippen molar-refractivity contribution >= 4 is 58.9 Å². The Labute approximate surface area is 422 Å². The van der Waals surface area contributed by atoms with E-state index in [9.17, 15) is 25.9 Å². The summed E-state index contributed by atoms with van der Waals surface area (Å²) >= 11 is 0. The molecule has 2 heterocycles. The summed E-state index contributed by atoms with van der Waals surface area (Å²) in [5, 5.41) is 8.58. The average molecular weight is 1010 g/mol. The van der Waals surface area contributed by atoms with Gasteiger partial charge in [0.25, 0.3) is 20.2 Å². The fourth-order valence-corrected chi connectivity index (χ4v) is 11.8. The van der Waals surface area contributed by atoms with Crippen molar-refractivity contribution in [2.45, 2.75) is 96.3 Å². The normalized spacial score (nSPS) is 18.0. The van der Waals surface area contributed by atoms with E-state index in [0.29, 0.717) is 91.5 Å². The van der Waals surface area contributed by atoms with Gasteiger partial charge in [0, 0.05) is 72.9 Å². The standard InChI is InChI=1S/C56H74N4O9S2/c1-55(2)50(59(32-9-11-40-70(61,62)63)48-26-22-42-16-5-7-20-46(42)52(48)55)28-24-44-18-13-19-45(54(44)58-31-15-35-68-37-39-69-38-36-67-34-14-30-57)25-29-51-56(3,4)53-47-21-8-6-17-43(47)23-27-49(53)60(51)33-10-12-41-71(64,65)66/h5-8,16-17,20-29H,9-15,18-19,30-41,57H2,1-4H3,(H2,61,62,63,64,65,66)/p+1/b44-24+,50-28+. The molecule has 5 N–H and O–H groups in total. The second-order valence-electron chi connectivity index (χ2n) is 19.9. The van der Waals surface area contributed by atoms with E-state index >= 15 is 0 Å². The fourth-order valence-electron chi connectivity index (χ4n) is 10.6. The van der Waals surface area contributed by atoms with Crippen molar-refractivity contribution in [1.29, 1.82) is 0 Å². The first-order valence-corrected chi connectivity index (χ1v) is 28.6. The smallest absolute Gasteiger partial charge is 0.264 e. The van der Waals surface area contributed by atoms with Crippen LogP contribution in [-0.4, -0.2) is 114 Å². The maximum absolute atomic E-state index is 11.7. The first-order chi connectivity index (χ1) is 34.0. The first-order valence-electron chi connectivity index (χ1n) is 25.4. The van der Waals surface area contributed by atoms with Crippen LogP contribution in [0.3, 0.4) is 0 Å². The molecule has 0 fully saturated rings. The van der Waals surface area contributed by atoms with Gasteiger partial charge in [-0.25, -0.2) is 0 Å². The minimum Gasteiger partial charge on any atom is -0.385 e. The van der Waals surface area contributed by atoms with Crippen LogP contribution in [-0.2, 0) is 45.3 Å². The SMILES string of the molecule is CC1(C)C(/C=C/C2=C(NCCCOCCOCCOCCCN)C(=C/C=C3/N(CCCCS(=O)(=O)O)c4ccc5ccccc5c4C3(C)C)/CCC2)=[N+](CCCCS(=O)(=O)O)c2ccc3ccccc3c21. The average Bonchev–Trinajstić information content (AvgIpc) is 3.69. The van der Waals surface area contributed by atoms with E-state index in [-0.39, 0.29) is 22.3 Å². The Morgan fingerprint density at radius 3 is 1.94 bits per heavy atom. The quantitative estimate of drug-likeness (QED) is 0.0253. The highest BCUT2D eigenvalue weighted by atomic mass is 32.2. The number of allylic oxidation sites excluding steroid dienone is 7. The van der Waals surface area contributed by atoms with E-state index in [2.05, 4.69) is 140 Å². The molecule has 71 heavy (non-hydrogen) atoms. The van der Waals surface area contributed by atoms with E-state index in [4.69, 9.17) is 19.9 Å². The topological polar surface area (TPSA) is 181 Å². The molecule has 0 bridgehead atoms. The van der Waals surface area contributed by atoms with Crippen molar-refractivity contribution in [2.24, 2.45) is 5.73 Å². The van der Waals surface area contributed by atoms with Crippen LogP contribution in [0.5, 0.6) is 0 Å². The molecule has 7 rings (SSSR count). The minimum absolute atomic E-state index is 0.275. The summed E-state index contributed by atoms with van der Waals surface area (Å²) in [6, 6.07) is 25.6. The van der Waals surface area contributed by atoms with Crippen molar-refractivity contribution < 1.29 is 44.7 Å². The Balaban J connectivity index is 1.21. The molecule has 0 spiro atoms. The lowest BCUT2D eigenvalue weighted by atomic mass is 9.78. The van der Waals surface area contributed by atoms with E-state index < -0.39 is 20.2 Å². The Hall–Kier alpha value is -4.71. The summed E-state index contributed by atoms with van der Waals surface area (Å²) in [4.78, 5) is 2.34. The highest BCUT2D eigenvalue weighted by Gasteiger charge is 2.46. The number of nitrogens with one attached hydrogen (secondary N) is 1. The zero-order valence-electron chi connectivity index (χ0n) is 42.1. The molecule has 0 radical (unpaired) electrons. The molecule has 384 valence electrons. The predicted molar refractivity (Wildman–Crippen MR) is 287 cm³/mol. The number of unbranched alkanes of at least 4 members (excludes halogenated alkanes) is 2. The number of ether oxygens (including phenoxy) is 3. The minimum atomic E-state index is -4.07. The number of nitrogens with zero attached hydrogens (tertiary/aromatic N) is 2. The molecule has 0 aromatic heterocycles. The molecule has 0 atom stereocenters. The number of hydrogen-bond acceptors (Lipinski definition) is 10. The van der Waals surface area contributed by atoms with Gasteiger partial charge in [0.05, 0.1) is 43.3 Å². The summed E-state index contributed by atoms with van der Waals surface area (Å²) in [6.45, 7) is 14.8. The van der Waals surface area contributed by atoms with Crippen molar-refractivity contribution in [3.63, 3.8) is 0 Å². The number of nitrogens with two attached hydrogens (primary N) is 1. The molecule has 0 saturated carbocycles. The van der Waals surface area contributed by atoms with Gasteiger partial charge in [-0.3, -0.25) is 9.11 Å². The van der Waals surface area contributed by atoms with Gasteiger partial charge >= 0.3 is 0 Å². The monoisotopic (exact) mass is 1010 g/mol. The Kier molecular flexibility index (Phi) is 18.5. The van der Waals surface area contributed by atoms with Gasteiger partial charge < -0.3 is 30.2 Å². The van der Waals surface area contributed by atoms with Crippen LogP contribution < -0.4 is 16.0 Å². The van der Waals surface area contributed by atoms with Crippen molar-refractivity contribution in [3.05, 3.63) is 131 Å². The predicted octanol–water partition coefficient (Wildman–Crippen LogP) is 9.69. The molecule has 1 aliphatic carbocycles. The van der Waals surface area contributed by atoms with Gasteiger partial charge in [-0.05, 0) is 128 Å². The largest absolute Gasteiger partial charge is 0.385 e. The van der Waals surface area contributed by atoms with E-state index in [1.165, 1.54) is 43.8 Å². The number of anilines is 1. The molecule has 0 amide bonds. The van der Waals surface area contributed by atoms with Crippen LogP contribution in [0.2, 0.25) is 0 Å². The van der Waals surface area contributed by atoms with Crippen molar-refractivity contribution in [2.75, 3.05) is 82.2 Å². The van der Waals surface area contributed by atoms with Gasteiger partial charge in [0.2, 0.25) is 5.69 Å². The summed E-state index contributed by atoms with van der Waals surface area (Å²) in [5.41, 5.74) is 15.2. The summed E-state index contributed by atoms with van der Waals surface area (Å²) in [5.74, 6) is -0.550. The fraction of sp³-hybridized carbons (Fsp3) is 0.482. The summed E-state index contributed by atoms with van der Waals surface area (Å²) in [7, 11) is -8.14. The number of fused-ring (bicyclic) bond motifs is 6. The van der Waals surface area contributed by atoms with Gasteiger partial charge in [-0.2, -0.15) is 21.4 Å². The van der Waals surface area contributed by atoms with Gasteiger partial charge in [0.1, 0.15) is 6.54 Å². The molecule has 2 aliphatic heterocycles. The molecule has 13 nitrogen and oxygen atoms in total. The van der Waals surface area contributed by atoms with Gasteiger partial charge in [-0.1, -0.05) is 80.6 Å². The number of hydrogen-bond donors (Lipinski definition) is 4. The zero-order valence-corrected chi connectivity index (χ0v) is 43.8. The van der Waals surface area contributed by atoms with Crippen molar-refractivity contribution in [3.8, 4) is 0 Å². The van der Waals surface area contributed by atoms with Gasteiger partial charge in [0.15, 0.2) is 5.71 Å². The lowest BCUT2D eigenvalue weighted by Gasteiger charge is -2.28. The molecule has 3 aliphatic rings. The first kappa shape index (κ1) is 54.1. The second kappa shape index (κ2) is 24.3. The Bertz CT molecular complexity index is 2900. The van der Waals surface area contributed by atoms with Crippen LogP contribution in [0, 0.1) is 0 Å². The lowest BCUT2D eigenvalue weighted by molar-refractivity contribution is -0.438. The molecule has 15 heteroatoms. The summed E-state index contributed by atoms with van der Waals surface area (Å²) < 4.78 is 85.4. The summed E-state index contributed by atoms with van der Waals surface area (Å²) in [6.07, 6.45) is 15.3. The molecule has 0 saturated heterocycles. The highest BCUT2D eigenvalue weighted by Crippen LogP contribution is 2.51.